The number of aromatic nitrogens is 4. The number of aromatic amines is 1. The Morgan fingerprint density at radius 3 is 2.72 bits per heavy atom. The Bertz CT molecular complexity index is 1400. The molecule has 0 saturated carbocycles. The Kier molecular flexibility index (Phi) is 8.67. The van der Waals surface area contributed by atoms with Crippen LogP contribution in [-0.2, 0) is 23.4 Å². The molecular weight excluding hydrogens is 538 g/mol. The summed E-state index contributed by atoms with van der Waals surface area (Å²) in [7, 11) is -4.26. The molecule has 16 heteroatoms. The molecule has 3 heterocycles. The van der Waals surface area contributed by atoms with Crippen LogP contribution in [0.4, 0.5) is 10.3 Å². The number of carbonyl (C=O) groups is 1. The van der Waals surface area contributed by atoms with Crippen LogP contribution in [0.2, 0.25) is 0 Å². The van der Waals surface area contributed by atoms with E-state index in [2.05, 4.69) is 20.0 Å². The average molecular weight is 568 g/mol. The summed E-state index contributed by atoms with van der Waals surface area (Å²) in [6.07, 6.45) is -2.93. The highest BCUT2D eigenvalue weighted by atomic mass is 31.2. The zero-order valence-corrected chi connectivity index (χ0v) is 22.3. The number of aliphatic hydroxyl groups excluding tert-OH is 1. The molecule has 5 N–H and O–H groups in total. The van der Waals surface area contributed by atoms with Gasteiger partial charge < -0.3 is 24.8 Å². The van der Waals surface area contributed by atoms with E-state index >= 15 is 0 Å². The highest BCUT2D eigenvalue weighted by molar-refractivity contribution is 7.52. The normalized spacial score (nSPS) is 23.5. The number of rotatable bonds is 11. The number of fused-ring (bicyclic) bond motifs is 1. The van der Waals surface area contributed by atoms with Crippen LogP contribution >= 0.6 is 7.75 Å². The van der Waals surface area contributed by atoms with Crippen LogP contribution in [0, 0.1) is 5.92 Å². The maximum absolute atomic E-state index is 14.1. The van der Waals surface area contributed by atoms with Gasteiger partial charge in [0.1, 0.15) is 17.9 Å². The number of para-hydroxylation sites is 1. The molecule has 1 aromatic carbocycles. The lowest BCUT2D eigenvalue weighted by Crippen LogP contribution is -2.37. The van der Waals surface area contributed by atoms with E-state index in [1.807, 2.05) is 0 Å². The lowest BCUT2D eigenvalue weighted by Gasteiger charge is -2.25. The van der Waals surface area contributed by atoms with Gasteiger partial charge in [-0.25, -0.2) is 9.55 Å². The molecule has 212 valence electrons. The van der Waals surface area contributed by atoms with Gasteiger partial charge in [-0.15, -0.1) is 0 Å². The minimum absolute atomic E-state index is 0.0247. The number of alkyl halides is 1. The van der Waals surface area contributed by atoms with Gasteiger partial charge in [0.2, 0.25) is 5.95 Å². The molecule has 0 aliphatic carbocycles. The first-order valence-corrected chi connectivity index (χ1v) is 13.6. The molecule has 39 heavy (non-hydrogen) atoms. The number of imidazole rings is 1. The number of carbonyl (C=O) groups excluding carboxylic acids is 1. The van der Waals surface area contributed by atoms with E-state index in [1.165, 1.54) is 30.0 Å². The monoisotopic (exact) mass is 568 g/mol. The summed E-state index contributed by atoms with van der Waals surface area (Å²) in [5, 5.41) is 13.4. The van der Waals surface area contributed by atoms with Crippen molar-refractivity contribution in [1.29, 1.82) is 0 Å². The number of anilines is 1. The molecule has 1 saturated heterocycles. The third-order valence-electron chi connectivity index (χ3n) is 5.86. The van der Waals surface area contributed by atoms with E-state index in [4.69, 9.17) is 24.3 Å². The molecule has 2 aromatic heterocycles. The summed E-state index contributed by atoms with van der Waals surface area (Å²) in [5.74, 6) is -1.79. The summed E-state index contributed by atoms with van der Waals surface area (Å²) in [5.41, 5.74) is 5.01. The van der Waals surface area contributed by atoms with E-state index in [1.54, 1.807) is 32.0 Å². The van der Waals surface area contributed by atoms with Gasteiger partial charge in [0.05, 0.1) is 31.8 Å². The minimum Gasteiger partial charge on any atom is -0.462 e. The number of nitrogens with two attached hydrogens (primary N) is 1. The smallest absolute Gasteiger partial charge is 0.459 e. The largest absolute Gasteiger partial charge is 0.462 e. The molecule has 0 unspecified atom stereocenters. The number of hydrogen-bond acceptors (Lipinski definition) is 11. The first kappa shape index (κ1) is 28.6. The number of nitrogens with one attached hydrogen (secondary N) is 2. The number of nitrogens with zero attached hydrogens (tertiary/aromatic N) is 3. The number of halogens is 1. The van der Waals surface area contributed by atoms with Crippen molar-refractivity contribution in [1.82, 2.24) is 24.6 Å². The van der Waals surface area contributed by atoms with Gasteiger partial charge in [-0.1, -0.05) is 18.2 Å². The SMILES string of the molecule is CC(C)OC(=O)[C@H](C)N[P@@](=O)(OC[C@H]1O[C@@H](n2cnc3c(=O)[nH]c(N)nc32)[C@H](O)[C@@H]1CF)Oc1ccccc1. The molecule has 4 rings (SSSR count). The molecule has 1 fully saturated rings. The van der Waals surface area contributed by atoms with E-state index in [0.29, 0.717) is 0 Å². The topological polar surface area (TPSA) is 193 Å². The molecule has 0 radical (unpaired) electrons. The number of H-pyrrole nitrogens is 1. The molecule has 1 aliphatic rings. The number of hydrogen-bond donors (Lipinski definition) is 4. The zero-order valence-electron chi connectivity index (χ0n) is 21.4. The van der Waals surface area contributed by atoms with Crippen LogP contribution < -0.4 is 20.9 Å². The predicted octanol–water partition coefficient (Wildman–Crippen LogP) is 1.68. The maximum Gasteiger partial charge on any atom is 0.459 e. The van der Waals surface area contributed by atoms with Crippen molar-refractivity contribution in [2.24, 2.45) is 5.92 Å². The Morgan fingerprint density at radius 1 is 1.33 bits per heavy atom. The number of esters is 1. The van der Waals surface area contributed by atoms with E-state index < -0.39 is 69.1 Å². The second kappa shape index (κ2) is 11.8. The highest BCUT2D eigenvalue weighted by Gasteiger charge is 2.47. The predicted molar refractivity (Wildman–Crippen MR) is 136 cm³/mol. The average Bonchev–Trinajstić information content (AvgIpc) is 3.43. The molecule has 3 aromatic rings. The van der Waals surface area contributed by atoms with Gasteiger partial charge in [0, 0.05) is 5.92 Å². The van der Waals surface area contributed by atoms with Gasteiger partial charge in [-0.3, -0.25) is 28.1 Å². The van der Waals surface area contributed by atoms with Crippen LogP contribution in [0.15, 0.2) is 41.5 Å². The van der Waals surface area contributed by atoms with Gasteiger partial charge in [0.15, 0.2) is 17.4 Å². The summed E-state index contributed by atoms with van der Waals surface area (Å²) in [6.45, 7) is 3.26. The molecule has 0 bridgehead atoms. The van der Waals surface area contributed by atoms with Crippen LogP contribution in [0.1, 0.15) is 27.0 Å². The molecular formula is C23H30FN6O8P. The number of ether oxygens (including phenoxy) is 2. The van der Waals surface area contributed by atoms with Crippen molar-refractivity contribution in [2.45, 2.75) is 51.4 Å². The first-order chi connectivity index (χ1) is 18.5. The minimum atomic E-state index is -4.26. The quantitative estimate of drug-likeness (QED) is 0.193. The van der Waals surface area contributed by atoms with Crippen LogP contribution in [0.5, 0.6) is 5.75 Å². The van der Waals surface area contributed by atoms with Crippen LogP contribution in [-0.4, -0.2) is 68.2 Å². The standard InChI is InChI=1S/C23H30FN6O8P/c1-12(2)36-22(33)13(3)29-39(34,38-14-7-5-4-6-8-14)35-10-16-15(9-24)18(31)21(37-16)30-11-26-17-19(30)27-23(25)28-20(17)32/h4-8,11-13,15-16,18,21,31H,9-10H2,1-3H3,(H,29,34)(H3,25,27,28,32)/t13-,15+,16+,18+,21+,39+/m0/s1. The maximum atomic E-state index is 14.1. The molecule has 1 aliphatic heterocycles. The Labute approximate surface area is 222 Å². The van der Waals surface area contributed by atoms with Crippen molar-refractivity contribution < 1.29 is 37.4 Å². The first-order valence-electron chi connectivity index (χ1n) is 12.1. The van der Waals surface area contributed by atoms with Gasteiger partial charge in [0.25, 0.3) is 5.56 Å². The van der Waals surface area contributed by atoms with Crippen LogP contribution in [0.25, 0.3) is 11.2 Å². The summed E-state index contributed by atoms with van der Waals surface area (Å²) < 4.78 is 51.3. The van der Waals surface area contributed by atoms with Gasteiger partial charge >= 0.3 is 13.7 Å². The Balaban J connectivity index is 1.55. The third kappa shape index (κ3) is 6.45. The molecule has 0 spiro atoms. The van der Waals surface area contributed by atoms with E-state index in [-0.39, 0.29) is 22.9 Å². The fraction of sp³-hybridized carbons (Fsp3) is 0.478. The van der Waals surface area contributed by atoms with Crippen molar-refractivity contribution in [2.75, 3.05) is 19.0 Å². The van der Waals surface area contributed by atoms with Gasteiger partial charge in [-0.05, 0) is 32.9 Å². The summed E-state index contributed by atoms with van der Waals surface area (Å²) >= 11 is 0. The Hall–Kier alpha value is -3.36. The van der Waals surface area contributed by atoms with Crippen molar-refractivity contribution in [3.63, 3.8) is 0 Å². The van der Waals surface area contributed by atoms with Crippen LogP contribution in [0.3, 0.4) is 0 Å². The van der Waals surface area contributed by atoms with E-state index in [0.717, 1.165) is 0 Å². The fourth-order valence-electron chi connectivity index (χ4n) is 4.01. The highest BCUT2D eigenvalue weighted by Crippen LogP contribution is 2.46. The third-order valence-corrected chi connectivity index (χ3v) is 7.50. The fourth-order valence-corrected chi connectivity index (χ4v) is 5.51. The zero-order chi connectivity index (χ0) is 28.3. The lowest BCUT2D eigenvalue weighted by molar-refractivity contribution is -0.149. The summed E-state index contributed by atoms with van der Waals surface area (Å²) in [6, 6.07) is 7.01. The Morgan fingerprint density at radius 2 is 2.05 bits per heavy atom. The van der Waals surface area contributed by atoms with Gasteiger partial charge in [-0.2, -0.15) is 10.1 Å². The second-order valence-corrected chi connectivity index (χ2v) is 10.9. The number of benzene rings is 1. The number of nitrogen functional groups attached to an aromatic ring is 1. The lowest BCUT2D eigenvalue weighted by atomic mass is 10.0. The van der Waals surface area contributed by atoms with Crippen molar-refractivity contribution in [3.05, 3.63) is 47.0 Å². The molecule has 0 amide bonds. The summed E-state index contributed by atoms with van der Waals surface area (Å²) in [4.78, 5) is 34.8. The molecule has 6 atom stereocenters. The molecule has 14 nitrogen and oxygen atoms in total. The second-order valence-electron chi connectivity index (χ2n) is 9.18. The van der Waals surface area contributed by atoms with Crippen molar-refractivity contribution >= 4 is 30.8 Å². The number of aliphatic hydroxyl groups is 1. The van der Waals surface area contributed by atoms with E-state index in [9.17, 15) is 23.7 Å². The van der Waals surface area contributed by atoms with Crippen molar-refractivity contribution in [3.8, 4) is 5.75 Å².